The molecule has 27 heavy (non-hydrogen) atoms. The molecule has 4 nitrogen and oxygen atoms in total. The minimum atomic E-state index is -0.345. The van der Waals surface area contributed by atoms with Crippen LogP contribution in [0.3, 0.4) is 0 Å². The van der Waals surface area contributed by atoms with Gasteiger partial charge >= 0.3 is 0 Å². The van der Waals surface area contributed by atoms with E-state index in [0.29, 0.717) is 22.6 Å². The lowest BCUT2D eigenvalue weighted by molar-refractivity contribution is 0.0952. The summed E-state index contributed by atoms with van der Waals surface area (Å²) in [6, 6.07) is 14.4. The van der Waals surface area contributed by atoms with Gasteiger partial charge in [-0.1, -0.05) is 24.3 Å². The maximum Gasteiger partial charge on any atom is 0.253 e. The Labute approximate surface area is 159 Å². The van der Waals surface area contributed by atoms with Gasteiger partial charge in [0, 0.05) is 21.5 Å². The monoisotopic (exact) mass is 377 g/mol. The third-order valence-corrected chi connectivity index (χ3v) is 5.66. The van der Waals surface area contributed by atoms with Crippen molar-refractivity contribution < 1.29 is 9.18 Å². The summed E-state index contributed by atoms with van der Waals surface area (Å²) in [7, 11) is 0. The number of thiophene rings is 1. The number of benzene rings is 2. The summed E-state index contributed by atoms with van der Waals surface area (Å²) in [6.45, 7) is 0. The first-order valence-electron chi connectivity index (χ1n) is 8.83. The van der Waals surface area contributed by atoms with Crippen LogP contribution in [0.2, 0.25) is 0 Å². The molecule has 5 rings (SSSR count). The molecule has 0 atom stereocenters. The number of para-hydroxylation sites is 2. The first-order chi connectivity index (χ1) is 13.2. The van der Waals surface area contributed by atoms with E-state index < -0.39 is 0 Å². The Morgan fingerprint density at radius 1 is 1.07 bits per heavy atom. The van der Waals surface area contributed by atoms with Gasteiger partial charge in [-0.2, -0.15) is 0 Å². The summed E-state index contributed by atoms with van der Waals surface area (Å²) in [5, 5.41) is 9.95. The Morgan fingerprint density at radius 2 is 1.93 bits per heavy atom. The first-order valence-corrected chi connectivity index (χ1v) is 9.71. The number of rotatable bonds is 4. The SMILES string of the molecule is O=C(NC1CC1)c1cccc2c1nc(Nc1ccccc1F)c1ccsc12. The number of hydrogen-bond acceptors (Lipinski definition) is 4. The summed E-state index contributed by atoms with van der Waals surface area (Å²) >= 11 is 1.59. The van der Waals surface area contributed by atoms with Gasteiger partial charge in [0.15, 0.2) is 0 Å². The number of halogens is 1. The second-order valence-corrected chi connectivity index (χ2v) is 7.59. The van der Waals surface area contributed by atoms with Gasteiger partial charge in [-0.25, -0.2) is 9.37 Å². The average molecular weight is 377 g/mol. The maximum atomic E-state index is 14.1. The zero-order chi connectivity index (χ0) is 18.4. The van der Waals surface area contributed by atoms with Crippen molar-refractivity contribution in [3.05, 3.63) is 65.3 Å². The summed E-state index contributed by atoms with van der Waals surface area (Å²) in [6.07, 6.45) is 2.05. The lowest BCUT2D eigenvalue weighted by atomic mass is 10.1. The first kappa shape index (κ1) is 16.2. The van der Waals surface area contributed by atoms with E-state index in [1.165, 1.54) is 6.07 Å². The van der Waals surface area contributed by atoms with Crippen LogP contribution in [-0.2, 0) is 0 Å². The van der Waals surface area contributed by atoms with E-state index in [9.17, 15) is 9.18 Å². The van der Waals surface area contributed by atoms with Crippen LogP contribution in [0.4, 0.5) is 15.9 Å². The molecule has 1 aliphatic carbocycles. The van der Waals surface area contributed by atoms with Crippen molar-refractivity contribution in [1.29, 1.82) is 0 Å². The predicted molar refractivity (Wildman–Crippen MR) is 107 cm³/mol. The van der Waals surface area contributed by atoms with E-state index in [-0.39, 0.29) is 17.8 Å². The highest BCUT2D eigenvalue weighted by molar-refractivity contribution is 7.18. The molecule has 0 bridgehead atoms. The van der Waals surface area contributed by atoms with Gasteiger partial charge in [-0.3, -0.25) is 4.79 Å². The van der Waals surface area contributed by atoms with Gasteiger partial charge in [0.2, 0.25) is 0 Å². The number of pyridine rings is 1. The van der Waals surface area contributed by atoms with E-state index in [4.69, 9.17) is 4.98 Å². The molecule has 134 valence electrons. The Morgan fingerprint density at radius 3 is 2.74 bits per heavy atom. The Kier molecular flexibility index (Phi) is 3.79. The molecule has 2 N–H and O–H groups in total. The van der Waals surface area contributed by atoms with Crippen LogP contribution in [0.25, 0.3) is 21.0 Å². The topological polar surface area (TPSA) is 54.0 Å². The van der Waals surface area contributed by atoms with Gasteiger partial charge in [0.25, 0.3) is 5.91 Å². The minimum Gasteiger partial charge on any atom is -0.349 e. The molecule has 1 saturated carbocycles. The van der Waals surface area contributed by atoms with Crippen molar-refractivity contribution in [2.45, 2.75) is 18.9 Å². The summed E-state index contributed by atoms with van der Waals surface area (Å²) in [5.41, 5.74) is 1.53. The maximum absolute atomic E-state index is 14.1. The zero-order valence-electron chi connectivity index (χ0n) is 14.3. The Balaban J connectivity index is 1.69. The highest BCUT2D eigenvalue weighted by Crippen LogP contribution is 2.36. The largest absolute Gasteiger partial charge is 0.349 e. The lowest BCUT2D eigenvalue weighted by Crippen LogP contribution is -2.25. The summed E-state index contributed by atoms with van der Waals surface area (Å²) in [4.78, 5) is 17.4. The van der Waals surface area contributed by atoms with Crippen molar-refractivity contribution in [1.82, 2.24) is 10.3 Å². The molecule has 0 aliphatic heterocycles. The zero-order valence-corrected chi connectivity index (χ0v) is 15.1. The van der Waals surface area contributed by atoms with Crippen LogP contribution in [0.15, 0.2) is 53.9 Å². The highest BCUT2D eigenvalue weighted by atomic mass is 32.1. The average Bonchev–Trinajstić information content (AvgIpc) is 3.34. The Hall–Kier alpha value is -2.99. The molecule has 1 amide bonds. The Bertz CT molecular complexity index is 1180. The van der Waals surface area contributed by atoms with Crippen LogP contribution in [0, 0.1) is 5.82 Å². The van der Waals surface area contributed by atoms with E-state index in [2.05, 4.69) is 10.6 Å². The second-order valence-electron chi connectivity index (χ2n) is 6.68. The number of carbonyl (C=O) groups is 1. The van der Waals surface area contributed by atoms with Gasteiger partial charge < -0.3 is 10.6 Å². The van der Waals surface area contributed by atoms with E-state index in [0.717, 1.165) is 28.3 Å². The van der Waals surface area contributed by atoms with Gasteiger partial charge in [-0.05, 0) is 42.5 Å². The molecule has 6 heteroatoms. The fourth-order valence-electron chi connectivity index (χ4n) is 3.18. The fourth-order valence-corrected chi connectivity index (χ4v) is 4.11. The molecule has 0 unspecified atom stereocenters. The number of hydrogen-bond donors (Lipinski definition) is 2. The fraction of sp³-hybridized carbons (Fsp3) is 0.143. The van der Waals surface area contributed by atoms with Crippen molar-refractivity contribution >= 4 is 49.7 Å². The van der Waals surface area contributed by atoms with E-state index in [1.54, 1.807) is 35.6 Å². The van der Waals surface area contributed by atoms with Crippen LogP contribution in [-0.4, -0.2) is 16.9 Å². The van der Waals surface area contributed by atoms with Crippen molar-refractivity contribution in [3.63, 3.8) is 0 Å². The molecule has 2 aromatic heterocycles. The number of carbonyl (C=O) groups excluding carboxylic acids is 1. The van der Waals surface area contributed by atoms with E-state index >= 15 is 0 Å². The van der Waals surface area contributed by atoms with Crippen molar-refractivity contribution in [3.8, 4) is 0 Å². The van der Waals surface area contributed by atoms with Crippen LogP contribution >= 0.6 is 11.3 Å². The predicted octanol–water partition coefficient (Wildman–Crippen LogP) is 5.22. The molecule has 1 aliphatic rings. The third kappa shape index (κ3) is 2.92. The molecule has 0 saturated heterocycles. The highest BCUT2D eigenvalue weighted by Gasteiger charge is 2.25. The number of nitrogens with zero attached hydrogens (tertiary/aromatic N) is 1. The second kappa shape index (κ2) is 6.32. The van der Waals surface area contributed by atoms with Crippen LogP contribution in [0.5, 0.6) is 0 Å². The van der Waals surface area contributed by atoms with Crippen molar-refractivity contribution in [2.75, 3.05) is 5.32 Å². The standard InChI is InChI=1S/C21H16FN3OS/c22-16-6-1-2-7-17(16)24-20-15-10-11-27-19(15)13-4-3-5-14(18(13)25-20)21(26)23-12-8-9-12/h1-7,10-12H,8-9H2,(H,23,26)(H,24,25). The van der Waals surface area contributed by atoms with Gasteiger partial charge in [0.05, 0.1) is 16.8 Å². The minimum absolute atomic E-state index is 0.108. The van der Waals surface area contributed by atoms with Crippen LogP contribution < -0.4 is 10.6 Å². The lowest BCUT2D eigenvalue weighted by Gasteiger charge is -2.12. The number of nitrogens with one attached hydrogen (secondary N) is 2. The van der Waals surface area contributed by atoms with E-state index in [1.807, 2.05) is 23.6 Å². The number of aromatic nitrogens is 1. The molecule has 2 heterocycles. The third-order valence-electron chi connectivity index (χ3n) is 4.71. The summed E-state index contributed by atoms with van der Waals surface area (Å²) < 4.78 is 15.1. The molecular formula is C21H16FN3OS. The summed E-state index contributed by atoms with van der Waals surface area (Å²) in [5.74, 6) is 0.0985. The number of amides is 1. The smallest absolute Gasteiger partial charge is 0.253 e. The van der Waals surface area contributed by atoms with Gasteiger partial charge in [-0.15, -0.1) is 11.3 Å². The molecule has 0 radical (unpaired) electrons. The quantitative estimate of drug-likeness (QED) is 0.512. The molecular weight excluding hydrogens is 361 g/mol. The number of fused-ring (bicyclic) bond motifs is 3. The molecule has 4 aromatic rings. The molecule has 1 fully saturated rings. The molecule has 0 spiro atoms. The normalized spacial score (nSPS) is 13.8. The number of anilines is 2. The molecule has 2 aromatic carbocycles. The van der Waals surface area contributed by atoms with Crippen LogP contribution in [0.1, 0.15) is 23.2 Å². The van der Waals surface area contributed by atoms with Crippen molar-refractivity contribution in [2.24, 2.45) is 0 Å². The van der Waals surface area contributed by atoms with Gasteiger partial charge in [0.1, 0.15) is 11.6 Å².